The number of hydrogen-bond donors (Lipinski definition) is 2. The van der Waals surface area contributed by atoms with Gasteiger partial charge in [0.05, 0.1) is 24.3 Å². The first-order chi connectivity index (χ1) is 12.8. The molecular formula is C20H18N4O2. The van der Waals surface area contributed by atoms with Crippen LogP contribution in [0.5, 0.6) is 5.75 Å². The first kappa shape index (κ1) is 16.3. The maximum absolute atomic E-state index is 10.3. The molecule has 0 spiro atoms. The second-order valence-corrected chi connectivity index (χ2v) is 6.34. The molecule has 6 heteroatoms. The maximum atomic E-state index is 10.3. The fraction of sp³-hybridized carbons (Fsp3) is 0.250. The molecule has 1 fully saturated rings. The lowest BCUT2D eigenvalue weighted by atomic mass is 10.0. The van der Waals surface area contributed by atoms with Crippen LogP contribution in [0, 0.1) is 11.3 Å². The molecule has 1 saturated heterocycles. The van der Waals surface area contributed by atoms with E-state index in [1.807, 2.05) is 30.3 Å². The van der Waals surface area contributed by atoms with Crippen LogP contribution in [-0.2, 0) is 4.74 Å². The minimum Gasteiger partial charge on any atom is -0.507 e. The van der Waals surface area contributed by atoms with Crippen LogP contribution in [0.25, 0.3) is 22.0 Å². The van der Waals surface area contributed by atoms with Gasteiger partial charge >= 0.3 is 0 Å². The molecule has 1 aliphatic heterocycles. The summed E-state index contributed by atoms with van der Waals surface area (Å²) in [6.07, 6.45) is 2.06. The van der Waals surface area contributed by atoms with Crippen LogP contribution in [0.3, 0.4) is 0 Å². The van der Waals surface area contributed by atoms with Gasteiger partial charge in [0.1, 0.15) is 11.4 Å². The number of phenolic OH excluding ortho intramolecular Hbond substituents is 1. The molecule has 130 valence electrons. The third-order valence-corrected chi connectivity index (χ3v) is 4.57. The number of nitrogens with one attached hydrogen (secondary N) is 1. The molecular weight excluding hydrogens is 328 g/mol. The van der Waals surface area contributed by atoms with E-state index in [0.717, 1.165) is 30.2 Å². The van der Waals surface area contributed by atoms with Crippen molar-refractivity contribution in [2.45, 2.75) is 18.9 Å². The molecule has 2 heterocycles. The van der Waals surface area contributed by atoms with E-state index in [9.17, 15) is 5.11 Å². The van der Waals surface area contributed by atoms with Crippen LogP contribution < -0.4 is 5.32 Å². The molecule has 0 radical (unpaired) electrons. The van der Waals surface area contributed by atoms with Crippen molar-refractivity contribution < 1.29 is 9.84 Å². The molecule has 26 heavy (non-hydrogen) atoms. The standard InChI is InChI=1S/C20H18N4O2/c21-11-13-7-8-17(18(25)10-13)19-15-5-1-2-6-16(15)20(24-23-19)22-14-4-3-9-26-12-14/h1-2,5-8,10,14,25H,3-4,9,12H2,(H,22,24)/t14-/m1/s1. The average Bonchev–Trinajstić information content (AvgIpc) is 2.69. The number of fused-ring (bicyclic) bond motifs is 1. The van der Waals surface area contributed by atoms with E-state index in [1.165, 1.54) is 6.07 Å². The van der Waals surface area contributed by atoms with Crippen LogP contribution in [0.2, 0.25) is 0 Å². The second-order valence-electron chi connectivity index (χ2n) is 6.34. The number of benzene rings is 2. The molecule has 3 aromatic rings. The molecule has 2 aromatic carbocycles. The van der Waals surface area contributed by atoms with Crippen molar-refractivity contribution in [3.8, 4) is 23.1 Å². The van der Waals surface area contributed by atoms with E-state index in [2.05, 4.69) is 15.5 Å². The fourth-order valence-corrected chi connectivity index (χ4v) is 3.26. The number of hydrogen-bond acceptors (Lipinski definition) is 6. The highest BCUT2D eigenvalue weighted by Crippen LogP contribution is 2.35. The maximum Gasteiger partial charge on any atom is 0.156 e. The first-order valence-electron chi connectivity index (χ1n) is 8.59. The normalized spacial score (nSPS) is 17.0. The number of rotatable bonds is 3. The van der Waals surface area contributed by atoms with Crippen molar-refractivity contribution in [1.29, 1.82) is 5.26 Å². The van der Waals surface area contributed by atoms with E-state index in [0.29, 0.717) is 29.2 Å². The number of aromatic nitrogens is 2. The third kappa shape index (κ3) is 3.05. The predicted octanol–water partition coefficient (Wildman–Crippen LogP) is 3.46. The van der Waals surface area contributed by atoms with Crippen LogP contribution in [0.1, 0.15) is 18.4 Å². The minimum atomic E-state index is 0.0184. The van der Waals surface area contributed by atoms with E-state index in [1.54, 1.807) is 12.1 Å². The van der Waals surface area contributed by atoms with Crippen molar-refractivity contribution in [3.63, 3.8) is 0 Å². The lowest BCUT2D eigenvalue weighted by molar-refractivity contribution is 0.0875. The summed E-state index contributed by atoms with van der Waals surface area (Å²) in [6.45, 7) is 1.47. The number of aromatic hydroxyl groups is 1. The van der Waals surface area contributed by atoms with Gasteiger partial charge in [-0.2, -0.15) is 5.26 Å². The smallest absolute Gasteiger partial charge is 0.156 e. The molecule has 2 N–H and O–H groups in total. The van der Waals surface area contributed by atoms with Crippen molar-refractivity contribution in [2.24, 2.45) is 0 Å². The molecule has 0 aliphatic carbocycles. The molecule has 0 saturated carbocycles. The summed E-state index contributed by atoms with van der Waals surface area (Å²) in [5.74, 6) is 0.734. The summed E-state index contributed by atoms with van der Waals surface area (Å²) in [5, 5.41) is 33.3. The van der Waals surface area contributed by atoms with Gasteiger partial charge in [-0.1, -0.05) is 24.3 Å². The lowest BCUT2D eigenvalue weighted by Crippen LogP contribution is -2.30. The zero-order chi connectivity index (χ0) is 17.9. The van der Waals surface area contributed by atoms with Crippen molar-refractivity contribution in [2.75, 3.05) is 18.5 Å². The fourth-order valence-electron chi connectivity index (χ4n) is 3.26. The Morgan fingerprint density at radius 1 is 1.15 bits per heavy atom. The third-order valence-electron chi connectivity index (χ3n) is 4.57. The van der Waals surface area contributed by atoms with Gasteiger partial charge in [0.25, 0.3) is 0 Å². The van der Waals surface area contributed by atoms with Gasteiger partial charge in [0.2, 0.25) is 0 Å². The van der Waals surface area contributed by atoms with Crippen molar-refractivity contribution in [1.82, 2.24) is 10.2 Å². The largest absolute Gasteiger partial charge is 0.507 e. The van der Waals surface area contributed by atoms with Crippen LogP contribution in [0.4, 0.5) is 5.82 Å². The number of phenols is 1. The van der Waals surface area contributed by atoms with Gasteiger partial charge in [-0.25, -0.2) is 0 Å². The molecule has 0 bridgehead atoms. The van der Waals surface area contributed by atoms with Crippen LogP contribution >= 0.6 is 0 Å². The molecule has 1 atom stereocenters. The van der Waals surface area contributed by atoms with Gasteiger partial charge in [0, 0.05) is 22.9 Å². The Morgan fingerprint density at radius 2 is 2.00 bits per heavy atom. The van der Waals surface area contributed by atoms with Crippen molar-refractivity contribution >= 4 is 16.6 Å². The highest BCUT2D eigenvalue weighted by molar-refractivity contribution is 6.00. The molecule has 0 unspecified atom stereocenters. The highest BCUT2D eigenvalue weighted by Gasteiger charge is 2.18. The number of anilines is 1. The Hall–Kier alpha value is -3.17. The summed E-state index contributed by atoms with van der Waals surface area (Å²) in [6, 6.07) is 14.9. The van der Waals surface area contributed by atoms with E-state index in [4.69, 9.17) is 10.00 Å². The van der Waals surface area contributed by atoms with E-state index in [-0.39, 0.29) is 11.8 Å². The number of ether oxygens (including phenoxy) is 1. The summed E-state index contributed by atoms with van der Waals surface area (Å²) in [4.78, 5) is 0. The SMILES string of the molecule is N#Cc1ccc(-c2nnc(N[C@@H]3CCCOC3)c3ccccc23)c(O)c1. The predicted molar refractivity (Wildman–Crippen MR) is 98.8 cm³/mol. The summed E-state index contributed by atoms with van der Waals surface area (Å²) < 4.78 is 5.53. The van der Waals surface area contributed by atoms with E-state index >= 15 is 0 Å². The van der Waals surface area contributed by atoms with Crippen LogP contribution in [0.15, 0.2) is 42.5 Å². The Morgan fingerprint density at radius 3 is 2.73 bits per heavy atom. The summed E-state index contributed by atoms with van der Waals surface area (Å²) in [5.41, 5.74) is 1.55. The van der Waals surface area contributed by atoms with Gasteiger partial charge < -0.3 is 15.2 Å². The molecule has 1 aliphatic rings. The number of nitrogens with zero attached hydrogens (tertiary/aromatic N) is 3. The minimum absolute atomic E-state index is 0.0184. The highest BCUT2D eigenvalue weighted by atomic mass is 16.5. The zero-order valence-electron chi connectivity index (χ0n) is 14.1. The Labute approximate surface area is 151 Å². The van der Waals surface area contributed by atoms with Gasteiger partial charge in [-0.15, -0.1) is 10.2 Å². The van der Waals surface area contributed by atoms with E-state index < -0.39 is 0 Å². The Bertz CT molecular complexity index is 991. The monoisotopic (exact) mass is 346 g/mol. The Balaban J connectivity index is 1.78. The lowest BCUT2D eigenvalue weighted by Gasteiger charge is -2.24. The molecule has 4 rings (SSSR count). The first-order valence-corrected chi connectivity index (χ1v) is 8.59. The second kappa shape index (κ2) is 6.98. The summed E-state index contributed by atoms with van der Waals surface area (Å²) in [7, 11) is 0. The number of nitriles is 1. The quantitative estimate of drug-likeness (QED) is 0.755. The topological polar surface area (TPSA) is 91.1 Å². The zero-order valence-corrected chi connectivity index (χ0v) is 14.1. The van der Waals surface area contributed by atoms with Crippen LogP contribution in [-0.4, -0.2) is 34.6 Å². The molecule has 6 nitrogen and oxygen atoms in total. The Kier molecular flexibility index (Phi) is 4.38. The average molecular weight is 346 g/mol. The van der Waals surface area contributed by atoms with Gasteiger partial charge in [-0.05, 0) is 31.0 Å². The molecule has 0 amide bonds. The summed E-state index contributed by atoms with van der Waals surface area (Å²) >= 11 is 0. The van der Waals surface area contributed by atoms with Gasteiger partial charge in [-0.3, -0.25) is 0 Å². The van der Waals surface area contributed by atoms with Gasteiger partial charge in [0.15, 0.2) is 5.82 Å². The molecule has 1 aromatic heterocycles. The van der Waals surface area contributed by atoms with Crippen molar-refractivity contribution in [3.05, 3.63) is 48.0 Å².